The second kappa shape index (κ2) is 12.5. The van der Waals surface area contributed by atoms with E-state index < -0.39 is 0 Å². The third-order valence-corrected chi connectivity index (χ3v) is 10.2. The molecule has 0 amide bonds. The first-order valence-electron chi connectivity index (χ1n) is 17.8. The number of hydrogen-bond donors (Lipinski definition) is 0. The maximum absolute atomic E-state index is 6.94. The molecule has 0 atom stereocenters. The normalized spacial score (nSPS) is 11.5. The van der Waals surface area contributed by atoms with Gasteiger partial charge in [0.15, 0.2) is 0 Å². The molecule has 10 aromatic rings. The first-order chi connectivity index (χ1) is 25.8. The van der Waals surface area contributed by atoms with Gasteiger partial charge in [-0.2, -0.15) is 0 Å². The molecule has 10 rings (SSSR count). The van der Waals surface area contributed by atoms with Gasteiger partial charge in [-0.05, 0) is 86.6 Å². The van der Waals surface area contributed by atoms with E-state index in [9.17, 15) is 0 Å². The predicted molar refractivity (Wildman–Crippen MR) is 220 cm³/mol. The average Bonchev–Trinajstić information content (AvgIpc) is 3.60. The van der Waals surface area contributed by atoms with Gasteiger partial charge in [0.05, 0.1) is 5.69 Å². The second-order valence-electron chi connectivity index (χ2n) is 13.3. The highest BCUT2D eigenvalue weighted by molar-refractivity contribution is 6.23. The molecule has 0 N–H and O–H groups in total. The summed E-state index contributed by atoms with van der Waals surface area (Å²) in [5, 5.41) is 6.83. The van der Waals surface area contributed by atoms with E-state index in [-0.39, 0.29) is 0 Å². The van der Waals surface area contributed by atoms with Crippen molar-refractivity contribution in [1.82, 2.24) is 0 Å². The summed E-state index contributed by atoms with van der Waals surface area (Å²) in [6.07, 6.45) is 0. The van der Waals surface area contributed by atoms with Crippen molar-refractivity contribution >= 4 is 60.5 Å². The fourth-order valence-electron chi connectivity index (χ4n) is 7.71. The fourth-order valence-corrected chi connectivity index (χ4v) is 7.71. The number of fused-ring (bicyclic) bond motifs is 6. The fraction of sp³-hybridized carbons (Fsp3) is 0. The molecule has 0 fully saturated rings. The average molecular weight is 664 g/mol. The Labute approximate surface area is 302 Å². The maximum Gasteiger partial charge on any atom is 0.143 e. The molecule has 0 spiro atoms. The summed E-state index contributed by atoms with van der Waals surface area (Å²) in [6.45, 7) is 0. The van der Waals surface area contributed by atoms with Crippen LogP contribution in [0.5, 0.6) is 0 Å². The van der Waals surface area contributed by atoms with Gasteiger partial charge >= 0.3 is 0 Å². The lowest BCUT2D eigenvalue weighted by Crippen LogP contribution is -2.10. The number of rotatable bonds is 6. The highest BCUT2D eigenvalue weighted by Gasteiger charge is 2.23. The minimum atomic E-state index is 0.877. The number of hydrogen-bond acceptors (Lipinski definition) is 2. The van der Waals surface area contributed by atoms with Gasteiger partial charge in [0.25, 0.3) is 0 Å². The summed E-state index contributed by atoms with van der Waals surface area (Å²) >= 11 is 0. The molecule has 244 valence electrons. The molecule has 2 heteroatoms. The Morgan fingerprint density at radius 3 is 1.62 bits per heavy atom. The zero-order valence-electron chi connectivity index (χ0n) is 28.4. The molecule has 52 heavy (non-hydrogen) atoms. The highest BCUT2D eigenvalue weighted by atomic mass is 16.3. The largest absolute Gasteiger partial charge is 0.455 e. The summed E-state index contributed by atoms with van der Waals surface area (Å²) in [4.78, 5) is 2.41. The van der Waals surface area contributed by atoms with Crippen LogP contribution in [0.4, 0.5) is 17.1 Å². The maximum atomic E-state index is 6.94. The first kappa shape index (κ1) is 30.0. The third-order valence-electron chi connectivity index (χ3n) is 10.2. The van der Waals surface area contributed by atoms with E-state index in [1.54, 1.807) is 0 Å². The molecule has 0 radical (unpaired) electrons. The lowest BCUT2D eigenvalue weighted by molar-refractivity contribution is 0.673. The molecule has 2 nitrogen and oxygen atoms in total. The predicted octanol–water partition coefficient (Wildman–Crippen LogP) is 14.4. The smallest absolute Gasteiger partial charge is 0.143 e. The molecule has 0 aliphatic carbocycles. The highest BCUT2D eigenvalue weighted by Crippen LogP contribution is 2.47. The molecule has 0 unspecified atom stereocenters. The summed E-state index contributed by atoms with van der Waals surface area (Å²) in [5.74, 6) is 0. The molecule has 1 aromatic heterocycles. The zero-order valence-corrected chi connectivity index (χ0v) is 28.4. The molecule has 1 heterocycles. The van der Waals surface area contributed by atoms with Crippen LogP contribution >= 0.6 is 0 Å². The Bertz CT molecular complexity index is 2870. The summed E-state index contributed by atoms with van der Waals surface area (Å²) in [6, 6.07) is 71.6. The lowest BCUT2D eigenvalue weighted by Gasteiger charge is -2.27. The van der Waals surface area contributed by atoms with Crippen molar-refractivity contribution in [2.75, 3.05) is 4.90 Å². The van der Waals surface area contributed by atoms with E-state index in [1.165, 1.54) is 21.9 Å². The second-order valence-corrected chi connectivity index (χ2v) is 13.3. The van der Waals surface area contributed by atoms with Crippen LogP contribution in [-0.2, 0) is 0 Å². The number of furan rings is 1. The Balaban J connectivity index is 1.27. The molecular weight excluding hydrogens is 631 g/mol. The standard InChI is InChI=1S/C50H33NO/c1-4-14-34(15-5-1)37-24-27-41(28-25-37)51(42-29-26-36-18-10-11-21-39(36)30-42)47-33-46-49-45(38-19-8-3-9-20-38)31-40(35-16-6-2-7-17-35)32-48(49)52-50(46)44-23-13-12-22-43(44)47/h1-33H. The molecule has 0 saturated carbocycles. The quantitative estimate of drug-likeness (QED) is 0.176. The lowest BCUT2D eigenvalue weighted by atomic mass is 9.93. The van der Waals surface area contributed by atoms with Crippen molar-refractivity contribution in [2.24, 2.45) is 0 Å². The van der Waals surface area contributed by atoms with E-state index in [1.807, 2.05) is 0 Å². The van der Waals surface area contributed by atoms with Gasteiger partial charge < -0.3 is 9.32 Å². The van der Waals surface area contributed by atoms with Gasteiger partial charge in [0.2, 0.25) is 0 Å². The van der Waals surface area contributed by atoms with Crippen LogP contribution in [0.25, 0.3) is 76.9 Å². The van der Waals surface area contributed by atoms with Crippen LogP contribution in [0.1, 0.15) is 0 Å². The summed E-state index contributed by atoms with van der Waals surface area (Å²) in [5.41, 5.74) is 12.0. The Hall–Kier alpha value is -6.90. The number of benzene rings is 9. The monoisotopic (exact) mass is 663 g/mol. The minimum absolute atomic E-state index is 0.877. The van der Waals surface area contributed by atoms with E-state index in [2.05, 4.69) is 205 Å². The van der Waals surface area contributed by atoms with Gasteiger partial charge in [-0.1, -0.05) is 158 Å². The molecule has 0 saturated heterocycles. The van der Waals surface area contributed by atoms with Crippen molar-refractivity contribution in [2.45, 2.75) is 0 Å². The van der Waals surface area contributed by atoms with Crippen LogP contribution in [-0.4, -0.2) is 0 Å². The molecule has 0 aliphatic rings. The van der Waals surface area contributed by atoms with E-state index in [0.717, 1.165) is 72.0 Å². The summed E-state index contributed by atoms with van der Waals surface area (Å²) < 4.78 is 6.94. The van der Waals surface area contributed by atoms with E-state index in [4.69, 9.17) is 4.42 Å². The van der Waals surface area contributed by atoms with Gasteiger partial charge in [0, 0.05) is 32.9 Å². The molecular formula is C50H33NO. The zero-order chi connectivity index (χ0) is 34.4. The minimum Gasteiger partial charge on any atom is -0.455 e. The SMILES string of the molecule is c1ccc(-c2ccc(N(c3ccc4ccccc4c3)c3cc4c(oc5cc(-c6ccccc6)cc(-c6ccccc6)c54)c4ccccc34)cc2)cc1. The van der Waals surface area contributed by atoms with Gasteiger partial charge in [-0.25, -0.2) is 0 Å². The van der Waals surface area contributed by atoms with Crippen LogP contribution in [0.15, 0.2) is 205 Å². The third kappa shape index (κ3) is 5.12. The van der Waals surface area contributed by atoms with Gasteiger partial charge in [0.1, 0.15) is 11.2 Å². The Kier molecular flexibility index (Phi) is 7.18. The van der Waals surface area contributed by atoms with Gasteiger partial charge in [-0.15, -0.1) is 0 Å². The van der Waals surface area contributed by atoms with E-state index in [0.29, 0.717) is 0 Å². The Morgan fingerprint density at radius 2 is 0.904 bits per heavy atom. The molecule has 0 bridgehead atoms. The van der Waals surface area contributed by atoms with Gasteiger partial charge in [-0.3, -0.25) is 0 Å². The van der Waals surface area contributed by atoms with Crippen molar-refractivity contribution in [1.29, 1.82) is 0 Å². The number of anilines is 3. The van der Waals surface area contributed by atoms with Crippen LogP contribution < -0.4 is 4.90 Å². The van der Waals surface area contributed by atoms with Crippen LogP contribution in [0, 0.1) is 0 Å². The van der Waals surface area contributed by atoms with Crippen molar-refractivity contribution in [3.8, 4) is 33.4 Å². The Morgan fingerprint density at radius 1 is 0.346 bits per heavy atom. The van der Waals surface area contributed by atoms with Crippen LogP contribution in [0.3, 0.4) is 0 Å². The van der Waals surface area contributed by atoms with Crippen LogP contribution in [0.2, 0.25) is 0 Å². The molecule has 9 aromatic carbocycles. The van der Waals surface area contributed by atoms with Crippen molar-refractivity contribution in [3.63, 3.8) is 0 Å². The summed E-state index contributed by atoms with van der Waals surface area (Å²) in [7, 11) is 0. The topological polar surface area (TPSA) is 16.4 Å². The van der Waals surface area contributed by atoms with Crippen molar-refractivity contribution in [3.05, 3.63) is 200 Å². The van der Waals surface area contributed by atoms with E-state index >= 15 is 0 Å². The first-order valence-corrected chi connectivity index (χ1v) is 17.8. The number of nitrogens with zero attached hydrogens (tertiary/aromatic N) is 1. The van der Waals surface area contributed by atoms with Crippen molar-refractivity contribution < 1.29 is 4.42 Å². The molecule has 0 aliphatic heterocycles.